The van der Waals surface area contributed by atoms with E-state index in [0.717, 1.165) is 45.2 Å². The first kappa shape index (κ1) is 17.9. The lowest BCUT2D eigenvalue weighted by Crippen LogP contribution is -2.56. The van der Waals surface area contributed by atoms with Gasteiger partial charge in [0.05, 0.1) is 0 Å². The number of carboxylic acids is 1. The van der Waals surface area contributed by atoms with Gasteiger partial charge in [-0.2, -0.15) is 0 Å². The lowest BCUT2D eigenvalue weighted by Gasteiger charge is -2.36. The highest BCUT2D eigenvalue weighted by molar-refractivity contribution is 5.90. The number of amides is 1. The summed E-state index contributed by atoms with van der Waals surface area (Å²) in [5.74, 6) is -1.60. The molecule has 1 aromatic carbocycles. The maximum atomic E-state index is 13.3. The Morgan fingerprint density at radius 2 is 1.64 bits per heavy atom. The van der Waals surface area contributed by atoms with Crippen molar-refractivity contribution >= 4 is 11.9 Å². The number of carbonyl (C=O) groups excluding carboxylic acids is 1. The van der Waals surface area contributed by atoms with Gasteiger partial charge in [0.25, 0.3) is 0 Å². The maximum absolute atomic E-state index is 13.3. The number of rotatable bonds is 5. The molecule has 0 aromatic heterocycles. The summed E-state index contributed by atoms with van der Waals surface area (Å²) in [6.45, 7) is 1.57. The Balaban J connectivity index is 1.86. The van der Waals surface area contributed by atoms with Gasteiger partial charge in [-0.15, -0.1) is 0 Å². The largest absolute Gasteiger partial charge is 0.480 e. The van der Waals surface area contributed by atoms with Crippen LogP contribution in [-0.4, -0.2) is 40.5 Å². The van der Waals surface area contributed by atoms with E-state index in [1.165, 1.54) is 12.1 Å². The second-order valence-electron chi connectivity index (χ2n) is 7.13. The number of piperidine rings is 1. The minimum absolute atomic E-state index is 0.294. The normalized spacial score (nSPS) is 21.6. The zero-order valence-electron chi connectivity index (χ0n) is 14.3. The number of nitrogens with one attached hydrogen (secondary N) is 1. The van der Waals surface area contributed by atoms with Crippen LogP contribution < -0.4 is 5.32 Å². The van der Waals surface area contributed by atoms with E-state index in [-0.39, 0.29) is 11.7 Å². The zero-order chi connectivity index (χ0) is 17.9. The maximum Gasteiger partial charge on any atom is 0.329 e. The molecule has 5 nitrogen and oxygen atoms in total. The topological polar surface area (TPSA) is 69.6 Å². The minimum atomic E-state index is -1.16. The Bertz CT molecular complexity index is 620. The van der Waals surface area contributed by atoms with Gasteiger partial charge in [0.1, 0.15) is 17.4 Å². The first-order valence-electron chi connectivity index (χ1n) is 9.07. The van der Waals surface area contributed by atoms with Crippen molar-refractivity contribution in [3.8, 4) is 0 Å². The summed E-state index contributed by atoms with van der Waals surface area (Å²) in [5.41, 5.74) is -0.454. The molecule has 3 rings (SSSR count). The van der Waals surface area contributed by atoms with Crippen LogP contribution in [0.1, 0.15) is 56.6 Å². The minimum Gasteiger partial charge on any atom is -0.480 e. The number of halogens is 1. The molecule has 1 atom stereocenters. The number of hydrogen-bond acceptors (Lipinski definition) is 3. The summed E-state index contributed by atoms with van der Waals surface area (Å²) >= 11 is 0. The van der Waals surface area contributed by atoms with Crippen molar-refractivity contribution in [2.45, 2.75) is 56.5 Å². The fraction of sp³-hybridized carbons (Fsp3) is 0.579. The molecule has 25 heavy (non-hydrogen) atoms. The fourth-order valence-corrected chi connectivity index (χ4v) is 4.02. The van der Waals surface area contributed by atoms with Gasteiger partial charge in [0.2, 0.25) is 5.91 Å². The van der Waals surface area contributed by atoms with E-state index in [2.05, 4.69) is 10.2 Å². The third-order valence-electron chi connectivity index (χ3n) is 5.42. The van der Waals surface area contributed by atoms with E-state index in [9.17, 15) is 19.1 Å². The molecule has 1 saturated heterocycles. The predicted molar refractivity (Wildman–Crippen MR) is 91.5 cm³/mol. The Morgan fingerprint density at radius 1 is 1.04 bits per heavy atom. The molecule has 2 N–H and O–H groups in total. The zero-order valence-corrected chi connectivity index (χ0v) is 14.3. The molecule has 1 aromatic rings. The molecule has 1 amide bonds. The monoisotopic (exact) mass is 348 g/mol. The highest BCUT2D eigenvalue weighted by Gasteiger charge is 2.44. The Labute approximate surface area is 147 Å². The predicted octanol–water partition coefficient (Wildman–Crippen LogP) is 2.87. The van der Waals surface area contributed by atoms with Gasteiger partial charge < -0.3 is 10.4 Å². The first-order valence-corrected chi connectivity index (χ1v) is 9.07. The molecular formula is C19H25FN2O3. The van der Waals surface area contributed by atoms with Gasteiger partial charge in [0, 0.05) is 0 Å². The van der Waals surface area contributed by atoms with Gasteiger partial charge in [0.15, 0.2) is 0 Å². The summed E-state index contributed by atoms with van der Waals surface area (Å²) in [6.07, 6.45) is 5.68. The molecule has 6 heteroatoms. The number of aliphatic carboxylic acids is 1. The molecule has 1 saturated carbocycles. The number of benzene rings is 1. The Kier molecular flexibility index (Phi) is 5.37. The van der Waals surface area contributed by atoms with Crippen molar-refractivity contribution in [1.82, 2.24) is 10.2 Å². The van der Waals surface area contributed by atoms with Crippen LogP contribution in [0, 0.1) is 5.82 Å². The second-order valence-corrected chi connectivity index (χ2v) is 7.13. The lowest BCUT2D eigenvalue weighted by molar-refractivity contribution is -0.148. The summed E-state index contributed by atoms with van der Waals surface area (Å²) in [6, 6.07) is 5.37. The summed E-state index contributed by atoms with van der Waals surface area (Å²) in [4.78, 5) is 26.9. The molecule has 136 valence electrons. The van der Waals surface area contributed by atoms with E-state index in [4.69, 9.17) is 0 Å². The van der Waals surface area contributed by atoms with Crippen molar-refractivity contribution in [2.24, 2.45) is 0 Å². The summed E-state index contributed by atoms with van der Waals surface area (Å²) in [7, 11) is 0. The van der Waals surface area contributed by atoms with Crippen LogP contribution >= 0.6 is 0 Å². The highest BCUT2D eigenvalue weighted by Crippen LogP contribution is 2.32. The van der Waals surface area contributed by atoms with Crippen LogP contribution in [0.25, 0.3) is 0 Å². The van der Waals surface area contributed by atoms with Gasteiger partial charge >= 0.3 is 5.97 Å². The smallest absolute Gasteiger partial charge is 0.329 e. The van der Waals surface area contributed by atoms with E-state index < -0.39 is 17.6 Å². The number of carboxylic acid groups (broad SMARTS) is 1. The van der Waals surface area contributed by atoms with Crippen LogP contribution in [0.4, 0.5) is 4.39 Å². The molecule has 1 heterocycles. The standard InChI is InChI=1S/C19H25FN2O3/c20-15-8-6-14(7-9-15)16(22-12-4-1-5-13-22)17(23)21-19(18(24)25)10-2-3-11-19/h6-9,16H,1-5,10-13H2,(H,21,23)(H,24,25). The van der Waals surface area contributed by atoms with Gasteiger partial charge in [-0.3, -0.25) is 9.69 Å². The van der Waals surface area contributed by atoms with Crippen molar-refractivity contribution in [3.05, 3.63) is 35.6 Å². The van der Waals surface area contributed by atoms with Crippen LogP contribution in [-0.2, 0) is 9.59 Å². The van der Waals surface area contributed by atoms with Crippen LogP contribution in [0.2, 0.25) is 0 Å². The Morgan fingerprint density at radius 3 is 2.20 bits per heavy atom. The number of likely N-dealkylation sites (tertiary alicyclic amines) is 1. The molecule has 0 bridgehead atoms. The molecule has 2 fully saturated rings. The average molecular weight is 348 g/mol. The highest BCUT2D eigenvalue weighted by atomic mass is 19.1. The van der Waals surface area contributed by atoms with E-state index in [1.807, 2.05) is 0 Å². The third kappa shape index (κ3) is 3.84. The van der Waals surface area contributed by atoms with Gasteiger partial charge in [-0.1, -0.05) is 31.4 Å². The number of hydrogen-bond donors (Lipinski definition) is 2. The first-order chi connectivity index (χ1) is 12.0. The molecular weight excluding hydrogens is 323 g/mol. The van der Waals surface area contributed by atoms with Crippen molar-refractivity contribution in [3.63, 3.8) is 0 Å². The summed E-state index contributed by atoms with van der Waals surface area (Å²) in [5, 5.41) is 12.5. The van der Waals surface area contributed by atoms with E-state index >= 15 is 0 Å². The third-order valence-corrected chi connectivity index (χ3v) is 5.42. The van der Waals surface area contributed by atoms with Crippen molar-refractivity contribution in [1.29, 1.82) is 0 Å². The lowest BCUT2D eigenvalue weighted by atomic mass is 9.95. The number of carbonyl (C=O) groups is 2. The van der Waals surface area contributed by atoms with Crippen molar-refractivity contribution in [2.75, 3.05) is 13.1 Å². The van der Waals surface area contributed by atoms with Crippen LogP contribution in [0.15, 0.2) is 24.3 Å². The molecule has 1 unspecified atom stereocenters. The second kappa shape index (κ2) is 7.52. The average Bonchev–Trinajstić information content (AvgIpc) is 3.08. The van der Waals surface area contributed by atoms with E-state index in [0.29, 0.717) is 18.4 Å². The molecule has 1 aliphatic carbocycles. The quantitative estimate of drug-likeness (QED) is 0.858. The molecule has 0 spiro atoms. The van der Waals surface area contributed by atoms with E-state index in [1.54, 1.807) is 12.1 Å². The van der Waals surface area contributed by atoms with Gasteiger partial charge in [-0.05, 0) is 56.5 Å². The molecule has 2 aliphatic rings. The number of nitrogens with zero attached hydrogens (tertiary/aromatic N) is 1. The van der Waals surface area contributed by atoms with Crippen LogP contribution in [0.3, 0.4) is 0 Å². The summed E-state index contributed by atoms with van der Waals surface area (Å²) < 4.78 is 13.3. The molecule has 1 aliphatic heterocycles. The molecule has 0 radical (unpaired) electrons. The fourth-order valence-electron chi connectivity index (χ4n) is 4.02. The van der Waals surface area contributed by atoms with Gasteiger partial charge in [-0.25, -0.2) is 9.18 Å². The Hall–Kier alpha value is -1.95. The van der Waals surface area contributed by atoms with Crippen molar-refractivity contribution < 1.29 is 19.1 Å². The van der Waals surface area contributed by atoms with Crippen LogP contribution in [0.5, 0.6) is 0 Å². The SMILES string of the molecule is O=C(NC1(C(=O)O)CCCC1)C(c1ccc(F)cc1)N1CCCCC1.